The Kier molecular flexibility index (Phi) is 7.00. The molecule has 0 spiro atoms. The summed E-state index contributed by atoms with van der Waals surface area (Å²) < 4.78 is 0. The number of nitrogens with zero attached hydrogens (tertiary/aromatic N) is 1. The molecule has 0 saturated heterocycles. The lowest BCUT2D eigenvalue weighted by molar-refractivity contribution is -0.119. The van der Waals surface area contributed by atoms with Gasteiger partial charge < -0.3 is 10.2 Å². The molecular formula is C25H28N2O4. The first-order valence-corrected chi connectivity index (χ1v) is 10.7. The van der Waals surface area contributed by atoms with Crippen LogP contribution in [0.3, 0.4) is 0 Å². The number of Topliss-reactive ketones (excluding diaryl/α,β-unsaturated/α-hetero) is 2. The number of nitrogens with one attached hydrogen (secondary N) is 1. The molecule has 0 saturated carbocycles. The first-order valence-electron chi connectivity index (χ1n) is 10.7. The van der Waals surface area contributed by atoms with Crippen molar-refractivity contribution < 1.29 is 19.2 Å². The van der Waals surface area contributed by atoms with Crippen LogP contribution in [0.15, 0.2) is 36.4 Å². The minimum absolute atomic E-state index is 0.0491. The first-order chi connectivity index (χ1) is 14.8. The van der Waals surface area contributed by atoms with E-state index < -0.39 is 0 Å². The Morgan fingerprint density at radius 3 is 2.13 bits per heavy atom. The van der Waals surface area contributed by atoms with Gasteiger partial charge >= 0.3 is 0 Å². The molecule has 2 amide bonds. The number of hydrogen-bond acceptors (Lipinski definition) is 4. The number of amides is 2. The highest BCUT2D eigenvalue weighted by Gasteiger charge is 2.23. The van der Waals surface area contributed by atoms with Crippen molar-refractivity contribution in [2.75, 3.05) is 16.8 Å². The molecule has 2 heterocycles. The molecule has 2 aromatic carbocycles. The molecule has 6 nitrogen and oxygen atoms in total. The molecule has 2 aliphatic heterocycles. The zero-order valence-corrected chi connectivity index (χ0v) is 18.3. The van der Waals surface area contributed by atoms with E-state index in [4.69, 9.17) is 0 Å². The van der Waals surface area contributed by atoms with E-state index in [2.05, 4.69) is 12.2 Å². The van der Waals surface area contributed by atoms with Gasteiger partial charge in [0.2, 0.25) is 11.8 Å². The molecule has 0 bridgehead atoms. The lowest BCUT2D eigenvalue weighted by Crippen LogP contribution is -2.35. The molecule has 31 heavy (non-hydrogen) atoms. The van der Waals surface area contributed by atoms with Crippen LogP contribution in [-0.4, -0.2) is 29.9 Å². The van der Waals surface area contributed by atoms with Gasteiger partial charge in [-0.3, -0.25) is 19.2 Å². The van der Waals surface area contributed by atoms with Crippen LogP contribution >= 0.6 is 0 Å². The molecule has 0 aliphatic carbocycles. The Bertz CT molecular complexity index is 1040. The number of rotatable bonds is 4. The largest absolute Gasteiger partial charge is 0.326 e. The van der Waals surface area contributed by atoms with Gasteiger partial charge in [0.1, 0.15) is 0 Å². The maximum absolute atomic E-state index is 11.8. The number of fused-ring (bicyclic) bond motifs is 2. The summed E-state index contributed by atoms with van der Waals surface area (Å²) in [7, 11) is 0. The predicted molar refractivity (Wildman–Crippen MR) is 121 cm³/mol. The highest BCUT2D eigenvalue weighted by atomic mass is 16.2. The molecule has 4 rings (SSSR count). The predicted octanol–water partition coefficient (Wildman–Crippen LogP) is 4.35. The Hall–Kier alpha value is -3.28. The second kappa shape index (κ2) is 9.69. The van der Waals surface area contributed by atoms with Crippen LogP contribution in [0.25, 0.3) is 0 Å². The minimum Gasteiger partial charge on any atom is -0.326 e. The Balaban J connectivity index is 0.000000179. The van der Waals surface area contributed by atoms with Crippen LogP contribution in [-0.2, 0) is 22.4 Å². The second-order valence-electron chi connectivity index (χ2n) is 7.92. The lowest BCUT2D eigenvalue weighted by atomic mass is 9.97. The SMILES string of the molecule is CC(=O)c1ccc2c(c1)CCC(=O)N2.CCCN1C(=O)CCc2cc(C(C)=O)ccc21. The van der Waals surface area contributed by atoms with Crippen molar-refractivity contribution in [3.63, 3.8) is 0 Å². The topological polar surface area (TPSA) is 83.6 Å². The van der Waals surface area contributed by atoms with E-state index in [1.54, 1.807) is 26.0 Å². The van der Waals surface area contributed by atoms with Crippen molar-refractivity contribution in [1.29, 1.82) is 0 Å². The molecule has 0 unspecified atom stereocenters. The van der Waals surface area contributed by atoms with Gasteiger partial charge in [0.15, 0.2) is 11.6 Å². The highest BCUT2D eigenvalue weighted by Crippen LogP contribution is 2.29. The molecule has 0 radical (unpaired) electrons. The Labute approximate surface area is 182 Å². The summed E-state index contributed by atoms with van der Waals surface area (Å²) in [6, 6.07) is 11.0. The number of carbonyl (C=O) groups excluding carboxylic acids is 4. The van der Waals surface area contributed by atoms with Crippen LogP contribution in [0.1, 0.15) is 71.9 Å². The molecule has 2 aromatic rings. The molecule has 2 aliphatic rings. The molecule has 0 fully saturated rings. The summed E-state index contributed by atoms with van der Waals surface area (Å²) in [4.78, 5) is 47.2. The molecule has 0 aromatic heterocycles. The smallest absolute Gasteiger partial charge is 0.227 e. The maximum Gasteiger partial charge on any atom is 0.227 e. The third-order valence-electron chi connectivity index (χ3n) is 5.54. The van der Waals surface area contributed by atoms with Crippen LogP contribution in [0, 0.1) is 0 Å². The van der Waals surface area contributed by atoms with Gasteiger partial charge in [-0.15, -0.1) is 0 Å². The summed E-state index contributed by atoms with van der Waals surface area (Å²) in [6.45, 7) is 5.93. The molecule has 6 heteroatoms. The number of anilines is 2. The van der Waals surface area contributed by atoms with Gasteiger partial charge in [0.05, 0.1) is 0 Å². The molecule has 162 valence electrons. The van der Waals surface area contributed by atoms with E-state index in [-0.39, 0.29) is 23.4 Å². The van der Waals surface area contributed by atoms with Gasteiger partial charge in [-0.1, -0.05) is 6.92 Å². The van der Waals surface area contributed by atoms with E-state index in [0.717, 1.165) is 53.9 Å². The van der Waals surface area contributed by atoms with E-state index in [1.165, 1.54) is 0 Å². The fourth-order valence-corrected chi connectivity index (χ4v) is 3.85. The van der Waals surface area contributed by atoms with Crippen molar-refractivity contribution in [3.8, 4) is 0 Å². The van der Waals surface area contributed by atoms with Gasteiger partial charge in [0, 0.05) is 41.9 Å². The third-order valence-corrected chi connectivity index (χ3v) is 5.54. The Morgan fingerprint density at radius 2 is 1.48 bits per heavy atom. The fourth-order valence-electron chi connectivity index (χ4n) is 3.85. The molecular weight excluding hydrogens is 392 g/mol. The number of carbonyl (C=O) groups is 4. The van der Waals surface area contributed by atoms with E-state index >= 15 is 0 Å². The van der Waals surface area contributed by atoms with Crippen LogP contribution < -0.4 is 10.2 Å². The average molecular weight is 421 g/mol. The van der Waals surface area contributed by atoms with Crippen LogP contribution in [0.4, 0.5) is 11.4 Å². The first kappa shape index (κ1) is 22.4. The van der Waals surface area contributed by atoms with Crippen molar-refractivity contribution in [3.05, 3.63) is 58.7 Å². The van der Waals surface area contributed by atoms with Crippen molar-refractivity contribution in [2.24, 2.45) is 0 Å². The lowest BCUT2D eigenvalue weighted by Gasteiger charge is -2.29. The van der Waals surface area contributed by atoms with E-state index in [0.29, 0.717) is 18.4 Å². The third kappa shape index (κ3) is 5.26. The number of hydrogen-bond donors (Lipinski definition) is 1. The average Bonchev–Trinajstić information content (AvgIpc) is 2.75. The molecule has 1 N–H and O–H groups in total. The quantitative estimate of drug-likeness (QED) is 0.745. The summed E-state index contributed by atoms with van der Waals surface area (Å²) in [5.74, 6) is 0.374. The van der Waals surface area contributed by atoms with Gasteiger partial charge in [-0.05, 0) is 80.6 Å². The van der Waals surface area contributed by atoms with Gasteiger partial charge in [-0.25, -0.2) is 0 Å². The normalized spacial score (nSPS) is 14.6. The zero-order valence-electron chi connectivity index (χ0n) is 18.3. The zero-order chi connectivity index (χ0) is 22.5. The summed E-state index contributed by atoms with van der Waals surface area (Å²) in [5, 5.41) is 2.78. The summed E-state index contributed by atoms with van der Waals surface area (Å²) >= 11 is 0. The standard InChI is InChI=1S/C14H17NO2.C11H11NO2/c1-3-8-15-13-6-4-11(10(2)16)9-12(13)5-7-14(15)17;1-7(13)8-2-4-10-9(6-8)3-5-11(14)12-10/h4,6,9H,3,5,7-8H2,1-2H3;2,4,6H,3,5H2,1H3,(H,12,14). The fraction of sp³-hybridized carbons (Fsp3) is 0.360. The van der Waals surface area contributed by atoms with Crippen LogP contribution in [0.2, 0.25) is 0 Å². The van der Waals surface area contributed by atoms with Crippen molar-refractivity contribution in [1.82, 2.24) is 0 Å². The van der Waals surface area contributed by atoms with Gasteiger partial charge in [0.25, 0.3) is 0 Å². The highest BCUT2D eigenvalue weighted by molar-refractivity contribution is 5.99. The van der Waals surface area contributed by atoms with Crippen molar-refractivity contribution in [2.45, 2.75) is 52.9 Å². The second-order valence-corrected chi connectivity index (χ2v) is 7.92. The molecule has 0 atom stereocenters. The number of ketones is 2. The van der Waals surface area contributed by atoms with E-state index in [9.17, 15) is 19.2 Å². The number of aryl methyl sites for hydroxylation is 2. The van der Waals surface area contributed by atoms with E-state index in [1.807, 2.05) is 29.2 Å². The van der Waals surface area contributed by atoms with Gasteiger partial charge in [-0.2, -0.15) is 0 Å². The monoisotopic (exact) mass is 420 g/mol. The maximum atomic E-state index is 11.8. The summed E-state index contributed by atoms with van der Waals surface area (Å²) in [6.07, 6.45) is 3.47. The van der Waals surface area contributed by atoms with Crippen LogP contribution in [0.5, 0.6) is 0 Å². The number of benzene rings is 2. The summed E-state index contributed by atoms with van der Waals surface area (Å²) in [5.41, 5.74) is 5.43. The minimum atomic E-state index is 0.0491. The van der Waals surface area contributed by atoms with Crippen molar-refractivity contribution >= 4 is 34.8 Å². The Morgan fingerprint density at radius 1 is 0.871 bits per heavy atom.